The quantitative estimate of drug-likeness (QED) is 0.857. The molecule has 0 saturated heterocycles. The smallest absolute Gasteiger partial charge is 0.0758 e. The predicted octanol–water partition coefficient (Wildman–Crippen LogP) is 1.07. The molecule has 5 heteroatoms. The lowest BCUT2D eigenvalue weighted by molar-refractivity contribution is 0.626. The van der Waals surface area contributed by atoms with E-state index in [-0.39, 0.29) is 6.04 Å². The fourth-order valence-corrected chi connectivity index (χ4v) is 1.78. The van der Waals surface area contributed by atoms with Crippen LogP contribution in [0, 0.1) is 13.8 Å². The third-order valence-corrected chi connectivity index (χ3v) is 2.71. The average Bonchev–Trinajstić information content (AvgIpc) is 2.58. The van der Waals surface area contributed by atoms with Crippen LogP contribution in [0.3, 0.4) is 0 Å². The molecule has 1 atom stereocenters. The van der Waals surface area contributed by atoms with Gasteiger partial charge in [-0.25, -0.2) is 0 Å². The minimum absolute atomic E-state index is 0.141. The van der Waals surface area contributed by atoms with E-state index in [0.29, 0.717) is 0 Å². The van der Waals surface area contributed by atoms with Gasteiger partial charge in [0.2, 0.25) is 0 Å². The molecule has 17 heavy (non-hydrogen) atoms. The largest absolute Gasteiger partial charge is 0.322 e. The Bertz CT molecular complexity index is 500. The van der Waals surface area contributed by atoms with Gasteiger partial charge >= 0.3 is 0 Å². The number of hydrogen-bond acceptors (Lipinski definition) is 4. The van der Waals surface area contributed by atoms with Crippen molar-refractivity contribution in [3.05, 3.63) is 41.2 Å². The lowest BCUT2D eigenvalue weighted by atomic mass is 10.1. The van der Waals surface area contributed by atoms with E-state index in [9.17, 15) is 0 Å². The van der Waals surface area contributed by atoms with Crippen LogP contribution < -0.4 is 5.73 Å². The molecule has 5 nitrogen and oxygen atoms in total. The van der Waals surface area contributed by atoms with E-state index < -0.39 is 0 Å². The zero-order chi connectivity index (χ0) is 12.4. The van der Waals surface area contributed by atoms with Gasteiger partial charge in [-0.2, -0.15) is 5.10 Å². The van der Waals surface area contributed by atoms with Crippen molar-refractivity contribution in [2.45, 2.75) is 26.3 Å². The van der Waals surface area contributed by atoms with Crippen molar-refractivity contribution in [1.29, 1.82) is 0 Å². The first-order chi connectivity index (χ1) is 8.06. The molecule has 0 bridgehead atoms. The van der Waals surface area contributed by atoms with Crippen molar-refractivity contribution in [2.75, 3.05) is 0 Å². The van der Waals surface area contributed by atoms with Gasteiger partial charge in [0.05, 0.1) is 29.3 Å². The molecule has 2 rings (SSSR count). The summed E-state index contributed by atoms with van der Waals surface area (Å²) < 4.78 is 1.86. The molecule has 0 radical (unpaired) electrons. The lowest BCUT2D eigenvalue weighted by Crippen LogP contribution is -2.17. The number of nitrogens with zero attached hydrogens (tertiary/aromatic N) is 4. The zero-order valence-electron chi connectivity index (χ0n) is 10.4. The van der Waals surface area contributed by atoms with Gasteiger partial charge < -0.3 is 5.73 Å². The highest BCUT2D eigenvalue weighted by molar-refractivity contribution is 5.14. The molecule has 0 aromatic carbocycles. The van der Waals surface area contributed by atoms with E-state index in [1.807, 2.05) is 31.6 Å². The topological polar surface area (TPSA) is 69.6 Å². The van der Waals surface area contributed by atoms with Crippen LogP contribution in [-0.4, -0.2) is 19.7 Å². The van der Waals surface area contributed by atoms with Gasteiger partial charge in [-0.3, -0.25) is 14.6 Å². The van der Waals surface area contributed by atoms with Gasteiger partial charge in [-0.15, -0.1) is 0 Å². The molecule has 90 valence electrons. The standard InChI is InChI=1S/C12H17N5/c1-8-4-10(17(3)16-8)5-11(13)12-7-14-9(2)6-15-12/h4,6-7,11H,5,13H2,1-3H3. The van der Waals surface area contributed by atoms with Crippen molar-refractivity contribution in [1.82, 2.24) is 19.7 Å². The van der Waals surface area contributed by atoms with E-state index in [0.717, 1.165) is 29.2 Å². The van der Waals surface area contributed by atoms with Crippen LogP contribution in [0.15, 0.2) is 18.5 Å². The molecule has 0 aliphatic heterocycles. The molecule has 0 aliphatic rings. The van der Waals surface area contributed by atoms with Gasteiger partial charge in [0.1, 0.15) is 0 Å². The molecule has 0 amide bonds. The van der Waals surface area contributed by atoms with Crippen LogP contribution in [0.5, 0.6) is 0 Å². The molecule has 2 heterocycles. The Balaban J connectivity index is 2.13. The highest BCUT2D eigenvalue weighted by atomic mass is 15.3. The Kier molecular flexibility index (Phi) is 3.19. The van der Waals surface area contributed by atoms with E-state index in [4.69, 9.17) is 5.73 Å². The summed E-state index contributed by atoms with van der Waals surface area (Å²) in [5.74, 6) is 0. The summed E-state index contributed by atoms with van der Waals surface area (Å²) >= 11 is 0. The molecular weight excluding hydrogens is 214 g/mol. The van der Waals surface area contributed by atoms with Gasteiger partial charge in [-0.05, 0) is 19.9 Å². The average molecular weight is 231 g/mol. The zero-order valence-corrected chi connectivity index (χ0v) is 10.4. The van der Waals surface area contributed by atoms with Crippen molar-refractivity contribution in [3.8, 4) is 0 Å². The van der Waals surface area contributed by atoms with E-state index in [2.05, 4.69) is 15.1 Å². The van der Waals surface area contributed by atoms with Crippen LogP contribution in [0.2, 0.25) is 0 Å². The summed E-state index contributed by atoms with van der Waals surface area (Å²) in [6.45, 7) is 3.88. The highest BCUT2D eigenvalue weighted by Gasteiger charge is 2.12. The van der Waals surface area contributed by atoms with Crippen molar-refractivity contribution in [2.24, 2.45) is 12.8 Å². The first kappa shape index (κ1) is 11.7. The maximum atomic E-state index is 6.11. The Morgan fingerprint density at radius 1 is 1.24 bits per heavy atom. The van der Waals surface area contributed by atoms with E-state index >= 15 is 0 Å². The van der Waals surface area contributed by atoms with Crippen molar-refractivity contribution < 1.29 is 0 Å². The summed E-state index contributed by atoms with van der Waals surface area (Å²) in [6.07, 6.45) is 4.20. The third-order valence-electron chi connectivity index (χ3n) is 2.71. The second kappa shape index (κ2) is 4.63. The first-order valence-corrected chi connectivity index (χ1v) is 5.60. The molecule has 2 N–H and O–H groups in total. The van der Waals surface area contributed by atoms with Crippen molar-refractivity contribution >= 4 is 0 Å². The molecule has 0 fully saturated rings. The fraction of sp³-hybridized carbons (Fsp3) is 0.417. The SMILES string of the molecule is Cc1cnc(C(N)Cc2cc(C)nn2C)cn1. The normalized spacial score (nSPS) is 12.7. The van der Waals surface area contributed by atoms with Gasteiger partial charge in [0, 0.05) is 25.4 Å². The lowest BCUT2D eigenvalue weighted by Gasteiger charge is -2.10. The number of aryl methyl sites for hydroxylation is 3. The maximum Gasteiger partial charge on any atom is 0.0758 e. The van der Waals surface area contributed by atoms with Gasteiger partial charge in [0.25, 0.3) is 0 Å². The molecule has 0 saturated carbocycles. The molecule has 2 aromatic heterocycles. The van der Waals surface area contributed by atoms with Crippen LogP contribution >= 0.6 is 0 Å². The highest BCUT2D eigenvalue weighted by Crippen LogP contribution is 2.13. The van der Waals surface area contributed by atoms with Crippen LogP contribution in [0.25, 0.3) is 0 Å². The second-order valence-electron chi connectivity index (χ2n) is 4.29. The van der Waals surface area contributed by atoms with Crippen LogP contribution in [-0.2, 0) is 13.5 Å². The van der Waals surface area contributed by atoms with Crippen LogP contribution in [0.1, 0.15) is 28.8 Å². The Morgan fingerprint density at radius 2 is 2.00 bits per heavy atom. The number of aromatic nitrogens is 4. The minimum Gasteiger partial charge on any atom is -0.322 e. The fourth-order valence-electron chi connectivity index (χ4n) is 1.78. The molecule has 2 aromatic rings. The number of rotatable bonds is 3. The number of hydrogen-bond donors (Lipinski definition) is 1. The summed E-state index contributed by atoms with van der Waals surface area (Å²) in [4.78, 5) is 8.50. The summed E-state index contributed by atoms with van der Waals surface area (Å²) in [5, 5.41) is 4.30. The Hall–Kier alpha value is -1.75. The minimum atomic E-state index is -0.141. The maximum absolute atomic E-state index is 6.11. The number of nitrogens with two attached hydrogens (primary N) is 1. The predicted molar refractivity (Wildman–Crippen MR) is 65.3 cm³/mol. The van der Waals surface area contributed by atoms with Crippen molar-refractivity contribution in [3.63, 3.8) is 0 Å². The van der Waals surface area contributed by atoms with Crippen LogP contribution in [0.4, 0.5) is 0 Å². The second-order valence-corrected chi connectivity index (χ2v) is 4.29. The molecular formula is C12H17N5. The summed E-state index contributed by atoms with van der Waals surface area (Å²) in [5.41, 5.74) is 9.94. The molecule has 1 unspecified atom stereocenters. The Labute approximate surface area is 101 Å². The van der Waals surface area contributed by atoms with Gasteiger partial charge in [0.15, 0.2) is 0 Å². The van der Waals surface area contributed by atoms with Gasteiger partial charge in [-0.1, -0.05) is 0 Å². The summed E-state index contributed by atoms with van der Waals surface area (Å²) in [6, 6.07) is 1.90. The molecule has 0 aliphatic carbocycles. The monoisotopic (exact) mass is 231 g/mol. The van der Waals surface area contributed by atoms with E-state index in [1.54, 1.807) is 12.4 Å². The third kappa shape index (κ3) is 2.68. The van der Waals surface area contributed by atoms with E-state index in [1.165, 1.54) is 0 Å². The summed E-state index contributed by atoms with van der Waals surface area (Å²) in [7, 11) is 1.93. The molecule has 0 spiro atoms. The first-order valence-electron chi connectivity index (χ1n) is 5.60. The Morgan fingerprint density at radius 3 is 2.53 bits per heavy atom.